The maximum atomic E-state index is 13.2. The second-order valence-electron chi connectivity index (χ2n) is 6.10. The Hall–Kier alpha value is -2.89. The highest BCUT2D eigenvalue weighted by molar-refractivity contribution is 6.10. The molecule has 130 valence electrons. The lowest BCUT2D eigenvalue weighted by atomic mass is 10.0. The van der Waals surface area contributed by atoms with E-state index in [0.29, 0.717) is 24.3 Å². The summed E-state index contributed by atoms with van der Waals surface area (Å²) in [5, 5.41) is 14.3. The Kier molecular flexibility index (Phi) is 4.97. The van der Waals surface area contributed by atoms with Crippen molar-refractivity contribution in [1.82, 2.24) is 0 Å². The fourth-order valence-corrected chi connectivity index (χ4v) is 3.13. The largest absolute Gasteiger partial charge is 0.384 e. The van der Waals surface area contributed by atoms with Crippen molar-refractivity contribution in [2.24, 2.45) is 0 Å². The molecule has 2 aromatic carbocycles. The number of amides is 1. The highest BCUT2D eigenvalue weighted by Gasteiger charge is 2.26. The topological polar surface area (TPSA) is 75.5 Å². The molecule has 1 amide bonds. The zero-order valence-corrected chi connectivity index (χ0v) is 14.2. The minimum Gasteiger partial charge on any atom is -0.384 e. The number of aryl methyl sites for hydroxylation is 1. The summed E-state index contributed by atoms with van der Waals surface area (Å²) in [4.78, 5) is 25.6. The van der Waals surface area contributed by atoms with E-state index in [1.807, 2.05) is 31.2 Å². The number of rotatable bonds is 5. The molecule has 2 aromatic rings. The van der Waals surface area contributed by atoms with Gasteiger partial charge in [0.1, 0.15) is 0 Å². The summed E-state index contributed by atoms with van der Waals surface area (Å²) < 4.78 is 0. The van der Waals surface area contributed by atoms with Gasteiger partial charge in [0.25, 0.3) is 11.6 Å². The number of nitro benzene ring substituents is 1. The number of benzene rings is 2. The first-order valence-electron chi connectivity index (χ1n) is 8.54. The lowest BCUT2D eigenvalue weighted by molar-refractivity contribution is -0.384. The van der Waals surface area contributed by atoms with Crippen molar-refractivity contribution in [3.05, 3.63) is 63.7 Å². The van der Waals surface area contributed by atoms with Crippen molar-refractivity contribution in [1.29, 1.82) is 0 Å². The molecule has 25 heavy (non-hydrogen) atoms. The highest BCUT2D eigenvalue weighted by atomic mass is 16.6. The zero-order valence-electron chi connectivity index (χ0n) is 14.2. The van der Waals surface area contributed by atoms with E-state index in [2.05, 4.69) is 5.32 Å². The number of para-hydroxylation sites is 1. The fourth-order valence-electron chi connectivity index (χ4n) is 3.13. The minimum absolute atomic E-state index is 0.0734. The standard InChI is InChI=1S/C19H21N3O3/c1-2-11-20-17-10-9-15(22(24)25)13-16(17)19(23)21-12-5-7-14-6-3-4-8-18(14)21/h3-4,6,8-10,13,20H,2,5,7,11-12H2,1H3. The number of carbonyl (C=O) groups is 1. The van der Waals surface area contributed by atoms with Crippen LogP contribution in [0.3, 0.4) is 0 Å². The first-order valence-corrected chi connectivity index (χ1v) is 8.54. The zero-order chi connectivity index (χ0) is 17.8. The Morgan fingerprint density at radius 3 is 2.84 bits per heavy atom. The Morgan fingerprint density at radius 1 is 1.28 bits per heavy atom. The summed E-state index contributed by atoms with van der Waals surface area (Å²) in [6.07, 6.45) is 2.72. The van der Waals surface area contributed by atoms with Crippen LogP contribution in [0.5, 0.6) is 0 Å². The maximum Gasteiger partial charge on any atom is 0.270 e. The molecule has 1 aliphatic rings. The fraction of sp³-hybridized carbons (Fsp3) is 0.316. The van der Waals surface area contributed by atoms with Gasteiger partial charge < -0.3 is 10.2 Å². The van der Waals surface area contributed by atoms with Gasteiger partial charge in [0.05, 0.1) is 10.5 Å². The molecule has 0 fully saturated rings. The SMILES string of the molecule is CCCNc1ccc([N+](=O)[O-])cc1C(=O)N1CCCc2ccccc21. The van der Waals surface area contributed by atoms with Gasteiger partial charge in [-0.05, 0) is 37.0 Å². The summed E-state index contributed by atoms with van der Waals surface area (Å²) in [5.41, 5.74) is 2.94. The molecular weight excluding hydrogens is 318 g/mol. The van der Waals surface area contributed by atoms with Crippen molar-refractivity contribution < 1.29 is 9.72 Å². The number of non-ortho nitro benzene ring substituents is 1. The van der Waals surface area contributed by atoms with Gasteiger partial charge in [0, 0.05) is 36.6 Å². The summed E-state index contributed by atoms with van der Waals surface area (Å²) in [6.45, 7) is 3.35. The third-order valence-corrected chi connectivity index (χ3v) is 4.37. The van der Waals surface area contributed by atoms with Gasteiger partial charge in [-0.15, -0.1) is 0 Å². The summed E-state index contributed by atoms with van der Waals surface area (Å²) >= 11 is 0. The number of nitro groups is 1. The van der Waals surface area contributed by atoms with Crippen molar-refractivity contribution in [3.63, 3.8) is 0 Å². The van der Waals surface area contributed by atoms with Crippen molar-refractivity contribution >= 4 is 23.0 Å². The first kappa shape index (κ1) is 17.0. The quantitative estimate of drug-likeness (QED) is 0.660. The Labute approximate surface area is 146 Å². The summed E-state index contributed by atoms with van der Waals surface area (Å²) in [7, 11) is 0. The molecule has 0 bridgehead atoms. The summed E-state index contributed by atoms with van der Waals surface area (Å²) in [6, 6.07) is 12.3. The number of hydrogen-bond acceptors (Lipinski definition) is 4. The normalized spacial score (nSPS) is 13.2. The Balaban J connectivity index is 2.01. The molecule has 0 radical (unpaired) electrons. The molecule has 0 spiro atoms. The predicted molar refractivity (Wildman–Crippen MR) is 98.3 cm³/mol. The number of carbonyl (C=O) groups excluding carboxylic acids is 1. The molecule has 1 heterocycles. The molecule has 0 saturated heterocycles. The predicted octanol–water partition coefficient (Wildman–Crippen LogP) is 4.01. The van der Waals surface area contributed by atoms with E-state index in [0.717, 1.165) is 30.5 Å². The molecule has 3 rings (SSSR count). The van der Waals surface area contributed by atoms with E-state index >= 15 is 0 Å². The van der Waals surface area contributed by atoms with Gasteiger partial charge in [0.15, 0.2) is 0 Å². The third kappa shape index (κ3) is 3.47. The second-order valence-corrected chi connectivity index (χ2v) is 6.10. The van der Waals surface area contributed by atoms with Crippen LogP contribution in [0, 0.1) is 10.1 Å². The van der Waals surface area contributed by atoms with Crippen LogP contribution < -0.4 is 10.2 Å². The lowest BCUT2D eigenvalue weighted by Gasteiger charge is -2.30. The van der Waals surface area contributed by atoms with E-state index in [1.54, 1.807) is 11.0 Å². The molecule has 1 aliphatic heterocycles. The van der Waals surface area contributed by atoms with Crippen LogP contribution in [0.4, 0.5) is 17.1 Å². The van der Waals surface area contributed by atoms with Crippen molar-refractivity contribution in [2.45, 2.75) is 26.2 Å². The smallest absolute Gasteiger partial charge is 0.270 e. The third-order valence-electron chi connectivity index (χ3n) is 4.37. The Bertz CT molecular complexity index is 804. The van der Waals surface area contributed by atoms with Gasteiger partial charge in [-0.1, -0.05) is 25.1 Å². The van der Waals surface area contributed by atoms with Crippen LogP contribution >= 0.6 is 0 Å². The van der Waals surface area contributed by atoms with Crippen LogP contribution in [0.2, 0.25) is 0 Å². The second kappa shape index (κ2) is 7.34. The Morgan fingerprint density at radius 2 is 2.08 bits per heavy atom. The van der Waals surface area contributed by atoms with Gasteiger partial charge >= 0.3 is 0 Å². The van der Waals surface area contributed by atoms with E-state index in [4.69, 9.17) is 0 Å². The highest BCUT2D eigenvalue weighted by Crippen LogP contribution is 2.31. The van der Waals surface area contributed by atoms with E-state index < -0.39 is 4.92 Å². The number of nitrogens with one attached hydrogen (secondary N) is 1. The average Bonchev–Trinajstić information content (AvgIpc) is 2.65. The van der Waals surface area contributed by atoms with Crippen LogP contribution in [0.25, 0.3) is 0 Å². The number of nitrogens with zero attached hydrogens (tertiary/aromatic N) is 2. The molecule has 1 N–H and O–H groups in total. The van der Waals surface area contributed by atoms with E-state index in [-0.39, 0.29) is 11.6 Å². The molecule has 0 unspecified atom stereocenters. The van der Waals surface area contributed by atoms with Gasteiger partial charge in [-0.25, -0.2) is 0 Å². The molecule has 6 heteroatoms. The van der Waals surface area contributed by atoms with Crippen LogP contribution in [0.1, 0.15) is 35.7 Å². The molecule has 0 aliphatic carbocycles. The molecule has 0 atom stereocenters. The number of fused-ring (bicyclic) bond motifs is 1. The molecular formula is C19H21N3O3. The number of anilines is 2. The molecule has 0 saturated carbocycles. The van der Waals surface area contributed by atoms with Gasteiger partial charge in [-0.3, -0.25) is 14.9 Å². The van der Waals surface area contributed by atoms with E-state index in [1.165, 1.54) is 12.1 Å². The maximum absolute atomic E-state index is 13.2. The molecule has 6 nitrogen and oxygen atoms in total. The molecule has 0 aromatic heterocycles. The van der Waals surface area contributed by atoms with Crippen LogP contribution in [0.15, 0.2) is 42.5 Å². The minimum atomic E-state index is -0.468. The number of hydrogen-bond donors (Lipinski definition) is 1. The van der Waals surface area contributed by atoms with Gasteiger partial charge in [-0.2, -0.15) is 0 Å². The monoisotopic (exact) mass is 339 g/mol. The van der Waals surface area contributed by atoms with Crippen molar-refractivity contribution in [2.75, 3.05) is 23.3 Å². The first-order chi connectivity index (χ1) is 12.1. The van der Waals surface area contributed by atoms with Crippen LogP contribution in [-0.2, 0) is 6.42 Å². The lowest BCUT2D eigenvalue weighted by Crippen LogP contribution is -2.35. The van der Waals surface area contributed by atoms with Crippen molar-refractivity contribution in [3.8, 4) is 0 Å². The average molecular weight is 339 g/mol. The van der Waals surface area contributed by atoms with Gasteiger partial charge in [0.2, 0.25) is 0 Å². The van der Waals surface area contributed by atoms with E-state index in [9.17, 15) is 14.9 Å². The summed E-state index contributed by atoms with van der Waals surface area (Å²) in [5.74, 6) is -0.200. The van der Waals surface area contributed by atoms with Crippen LogP contribution in [-0.4, -0.2) is 23.9 Å².